The summed E-state index contributed by atoms with van der Waals surface area (Å²) < 4.78 is 36.6. The van der Waals surface area contributed by atoms with E-state index in [9.17, 15) is 13.6 Å². The van der Waals surface area contributed by atoms with Crippen LogP contribution in [-0.4, -0.2) is 32.5 Å². The molecule has 1 aromatic carbocycles. The fraction of sp³-hybridized carbons (Fsp3) is 0.417. The van der Waals surface area contributed by atoms with E-state index in [0.29, 0.717) is 0 Å². The summed E-state index contributed by atoms with van der Waals surface area (Å²) >= 11 is 5.40. The number of carbonyl (C=O) groups excluding carboxylic acids is 1. The van der Waals surface area contributed by atoms with Gasteiger partial charge in [-0.05, 0) is 19.1 Å². The molecule has 0 radical (unpaired) electrons. The van der Waals surface area contributed by atoms with Crippen LogP contribution in [0.25, 0.3) is 0 Å². The van der Waals surface area contributed by atoms with Gasteiger partial charge in [0.25, 0.3) is 5.91 Å². The first-order valence-corrected chi connectivity index (χ1v) is 5.79. The van der Waals surface area contributed by atoms with Gasteiger partial charge >= 0.3 is 0 Å². The van der Waals surface area contributed by atoms with E-state index in [1.807, 2.05) is 0 Å². The molecule has 0 bridgehead atoms. The third-order valence-electron chi connectivity index (χ3n) is 2.49. The summed E-state index contributed by atoms with van der Waals surface area (Å²) in [6, 6.07) is 0.954. The number of halogens is 3. The molecule has 0 aliphatic heterocycles. The van der Waals surface area contributed by atoms with Crippen molar-refractivity contribution in [1.82, 2.24) is 5.32 Å². The largest absolute Gasteiger partial charge is 0.354 e. The number of rotatable bonds is 5. The van der Waals surface area contributed by atoms with Crippen LogP contribution in [0.5, 0.6) is 0 Å². The van der Waals surface area contributed by atoms with Crippen LogP contribution in [0.2, 0.25) is 5.02 Å². The second kappa shape index (κ2) is 6.79. The zero-order valence-corrected chi connectivity index (χ0v) is 11.4. The molecule has 0 spiro atoms. The van der Waals surface area contributed by atoms with Crippen molar-refractivity contribution in [2.24, 2.45) is 0 Å². The first-order chi connectivity index (χ1) is 8.90. The molecule has 0 saturated carbocycles. The van der Waals surface area contributed by atoms with Crippen LogP contribution in [0.1, 0.15) is 17.3 Å². The second-order valence-corrected chi connectivity index (χ2v) is 4.26. The SMILES string of the molecule is COC(OC)C(C)NC(=O)c1cc(F)c(Cl)cc1F. The molecule has 1 aromatic rings. The number of amides is 1. The Hall–Kier alpha value is -1.24. The van der Waals surface area contributed by atoms with Crippen LogP contribution in [-0.2, 0) is 9.47 Å². The van der Waals surface area contributed by atoms with Crippen molar-refractivity contribution in [3.63, 3.8) is 0 Å². The minimum atomic E-state index is -0.900. The van der Waals surface area contributed by atoms with Crippen molar-refractivity contribution in [1.29, 1.82) is 0 Å². The first kappa shape index (κ1) is 15.8. The molecule has 106 valence electrons. The zero-order chi connectivity index (χ0) is 14.6. The molecule has 19 heavy (non-hydrogen) atoms. The molecule has 4 nitrogen and oxygen atoms in total. The quantitative estimate of drug-likeness (QED) is 0.670. The third kappa shape index (κ3) is 3.86. The van der Waals surface area contributed by atoms with Crippen molar-refractivity contribution in [3.05, 3.63) is 34.4 Å². The van der Waals surface area contributed by atoms with Crippen molar-refractivity contribution in [2.75, 3.05) is 14.2 Å². The molecular weight excluding hydrogens is 280 g/mol. The molecular formula is C12H14ClF2NO3. The van der Waals surface area contributed by atoms with E-state index in [4.69, 9.17) is 21.1 Å². The highest BCUT2D eigenvalue weighted by atomic mass is 35.5. The Kier molecular flexibility index (Phi) is 5.65. The molecule has 7 heteroatoms. The average Bonchev–Trinajstić information content (AvgIpc) is 2.35. The van der Waals surface area contributed by atoms with Gasteiger partial charge in [-0.15, -0.1) is 0 Å². The van der Waals surface area contributed by atoms with Gasteiger partial charge in [-0.3, -0.25) is 4.79 Å². The highest BCUT2D eigenvalue weighted by Crippen LogP contribution is 2.19. The lowest BCUT2D eigenvalue weighted by Crippen LogP contribution is -2.43. The third-order valence-corrected chi connectivity index (χ3v) is 2.78. The number of hydrogen-bond acceptors (Lipinski definition) is 3. The molecule has 1 atom stereocenters. The molecule has 0 aromatic heterocycles. The predicted molar refractivity (Wildman–Crippen MR) is 66.1 cm³/mol. The number of nitrogens with one attached hydrogen (secondary N) is 1. The van der Waals surface area contributed by atoms with E-state index in [2.05, 4.69) is 5.32 Å². The maximum absolute atomic E-state index is 13.5. The van der Waals surface area contributed by atoms with E-state index in [1.165, 1.54) is 14.2 Å². The molecule has 0 aliphatic carbocycles. The van der Waals surface area contributed by atoms with Crippen molar-refractivity contribution in [3.8, 4) is 0 Å². The van der Waals surface area contributed by atoms with Gasteiger partial charge in [-0.2, -0.15) is 0 Å². The smallest absolute Gasteiger partial charge is 0.254 e. The molecule has 1 unspecified atom stereocenters. The Balaban J connectivity index is 2.87. The van der Waals surface area contributed by atoms with E-state index >= 15 is 0 Å². The van der Waals surface area contributed by atoms with Gasteiger partial charge in [0.1, 0.15) is 11.6 Å². The van der Waals surface area contributed by atoms with Crippen molar-refractivity contribution in [2.45, 2.75) is 19.3 Å². The Morgan fingerprint density at radius 3 is 2.37 bits per heavy atom. The van der Waals surface area contributed by atoms with E-state index < -0.39 is 35.4 Å². The Bertz CT molecular complexity index is 467. The van der Waals surface area contributed by atoms with Crippen LogP contribution >= 0.6 is 11.6 Å². The summed E-state index contributed by atoms with van der Waals surface area (Å²) in [4.78, 5) is 11.8. The monoisotopic (exact) mass is 293 g/mol. The molecule has 1 N–H and O–H groups in total. The minimum Gasteiger partial charge on any atom is -0.354 e. The van der Waals surface area contributed by atoms with Gasteiger partial charge < -0.3 is 14.8 Å². The summed E-state index contributed by atoms with van der Waals surface area (Å²) in [5.41, 5.74) is -0.431. The van der Waals surface area contributed by atoms with E-state index in [-0.39, 0.29) is 5.02 Å². The van der Waals surface area contributed by atoms with Gasteiger partial charge in [0, 0.05) is 14.2 Å². The molecule has 0 aliphatic rings. The zero-order valence-electron chi connectivity index (χ0n) is 10.7. The highest BCUT2D eigenvalue weighted by Gasteiger charge is 2.21. The first-order valence-electron chi connectivity index (χ1n) is 5.41. The van der Waals surface area contributed by atoms with Crippen molar-refractivity contribution < 1.29 is 23.0 Å². The summed E-state index contributed by atoms with van der Waals surface area (Å²) in [5, 5.41) is 2.07. The minimum absolute atomic E-state index is 0.381. The van der Waals surface area contributed by atoms with Crippen LogP contribution < -0.4 is 5.32 Å². The Morgan fingerprint density at radius 1 is 1.26 bits per heavy atom. The maximum Gasteiger partial charge on any atom is 0.254 e. The van der Waals surface area contributed by atoms with Gasteiger partial charge in [-0.1, -0.05) is 11.6 Å². The number of carbonyl (C=O) groups is 1. The molecule has 1 rings (SSSR count). The summed E-state index contributed by atoms with van der Waals surface area (Å²) in [7, 11) is 2.80. The molecule has 1 amide bonds. The van der Waals surface area contributed by atoms with Gasteiger partial charge in [0.05, 0.1) is 16.6 Å². The van der Waals surface area contributed by atoms with E-state index in [1.54, 1.807) is 6.92 Å². The Labute approximate surface area is 114 Å². The van der Waals surface area contributed by atoms with Crippen molar-refractivity contribution >= 4 is 17.5 Å². The Morgan fingerprint density at radius 2 is 1.84 bits per heavy atom. The number of benzene rings is 1. The summed E-state index contributed by atoms with van der Waals surface area (Å²) in [6.45, 7) is 1.61. The molecule has 0 saturated heterocycles. The lowest BCUT2D eigenvalue weighted by molar-refractivity contribution is -0.117. The molecule has 0 heterocycles. The maximum atomic E-state index is 13.5. The number of ether oxygens (including phenoxy) is 2. The predicted octanol–water partition coefficient (Wildman–Crippen LogP) is 2.36. The van der Waals surface area contributed by atoms with Crippen LogP contribution in [0.3, 0.4) is 0 Å². The summed E-state index contributed by atoms with van der Waals surface area (Å²) in [5.74, 6) is -2.54. The van der Waals surface area contributed by atoms with Gasteiger partial charge in [-0.25, -0.2) is 8.78 Å². The standard InChI is InChI=1S/C12H14ClF2NO3/c1-6(12(18-2)19-3)16-11(17)7-4-10(15)8(13)5-9(7)14/h4-6,12H,1-3H3,(H,16,17). The van der Waals surface area contributed by atoms with Crippen LogP contribution in [0.4, 0.5) is 8.78 Å². The summed E-state index contributed by atoms with van der Waals surface area (Å²) in [6.07, 6.45) is -0.691. The van der Waals surface area contributed by atoms with E-state index in [0.717, 1.165) is 12.1 Å². The number of hydrogen-bond donors (Lipinski definition) is 1. The second-order valence-electron chi connectivity index (χ2n) is 3.85. The highest BCUT2D eigenvalue weighted by molar-refractivity contribution is 6.30. The van der Waals surface area contributed by atoms with Gasteiger partial charge in [0.2, 0.25) is 0 Å². The lowest BCUT2D eigenvalue weighted by atomic mass is 10.1. The van der Waals surface area contributed by atoms with Crippen LogP contribution in [0, 0.1) is 11.6 Å². The van der Waals surface area contributed by atoms with Gasteiger partial charge in [0.15, 0.2) is 6.29 Å². The molecule has 0 fully saturated rings. The normalized spacial score (nSPS) is 12.6. The van der Waals surface area contributed by atoms with Crippen LogP contribution in [0.15, 0.2) is 12.1 Å². The fourth-order valence-electron chi connectivity index (χ4n) is 1.55. The fourth-order valence-corrected chi connectivity index (χ4v) is 1.70. The lowest BCUT2D eigenvalue weighted by Gasteiger charge is -2.22. The number of methoxy groups -OCH3 is 2. The topological polar surface area (TPSA) is 47.6 Å². The average molecular weight is 294 g/mol.